The van der Waals surface area contributed by atoms with E-state index in [-0.39, 0.29) is 11.1 Å². The summed E-state index contributed by atoms with van der Waals surface area (Å²) >= 11 is 0. The zero-order valence-corrected chi connectivity index (χ0v) is 9.86. The third-order valence-corrected chi connectivity index (χ3v) is 2.15. The third kappa shape index (κ3) is 3.84. The summed E-state index contributed by atoms with van der Waals surface area (Å²) in [6.45, 7) is 7.06. The molecule has 1 aromatic heterocycles. The third-order valence-electron chi connectivity index (χ3n) is 2.15. The minimum Gasteiger partial charge on any atom is -0.364 e. The van der Waals surface area contributed by atoms with Crippen LogP contribution >= 0.6 is 0 Å². The lowest BCUT2D eigenvalue weighted by atomic mass is 9.92. The normalized spacial score (nSPS) is 11.2. The molecule has 5 heteroatoms. The second-order valence-corrected chi connectivity index (χ2v) is 4.87. The summed E-state index contributed by atoms with van der Waals surface area (Å²) < 4.78 is 0. The van der Waals surface area contributed by atoms with Crippen molar-refractivity contribution in [3.05, 3.63) is 28.4 Å². The summed E-state index contributed by atoms with van der Waals surface area (Å²) in [5, 5.41) is 13.7. The van der Waals surface area contributed by atoms with Gasteiger partial charge in [0.2, 0.25) is 5.82 Å². The van der Waals surface area contributed by atoms with Crippen LogP contribution in [-0.2, 0) is 0 Å². The summed E-state index contributed by atoms with van der Waals surface area (Å²) in [4.78, 5) is 14.2. The molecule has 1 aromatic rings. The Labute approximate surface area is 95.0 Å². The summed E-state index contributed by atoms with van der Waals surface area (Å²) in [6.07, 6.45) is 2.48. The first-order valence-corrected chi connectivity index (χ1v) is 5.23. The number of nitro groups is 1. The average molecular weight is 223 g/mol. The van der Waals surface area contributed by atoms with Gasteiger partial charge in [0.1, 0.15) is 0 Å². The number of nitrogens with zero attached hydrogens (tertiary/aromatic N) is 2. The van der Waals surface area contributed by atoms with Crippen LogP contribution in [0.15, 0.2) is 18.3 Å². The van der Waals surface area contributed by atoms with Crippen molar-refractivity contribution in [1.29, 1.82) is 0 Å². The minimum absolute atomic E-state index is 0.0245. The van der Waals surface area contributed by atoms with Gasteiger partial charge >= 0.3 is 5.69 Å². The largest absolute Gasteiger partial charge is 0.364 e. The lowest BCUT2D eigenvalue weighted by molar-refractivity contribution is -0.384. The van der Waals surface area contributed by atoms with Gasteiger partial charge in [-0.25, -0.2) is 4.98 Å². The number of hydrogen-bond donors (Lipinski definition) is 1. The Kier molecular flexibility index (Phi) is 3.82. The van der Waals surface area contributed by atoms with Gasteiger partial charge in [-0.05, 0) is 17.9 Å². The van der Waals surface area contributed by atoms with Gasteiger partial charge in [-0.3, -0.25) is 10.1 Å². The van der Waals surface area contributed by atoms with E-state index in [1.165, 1.54) is 6.07 Å². The van der Waals surface area contributed by atoms with Gasteiger partial charge in [0, 0.05) is 18.8 Å². The van der Waals surface area contributed by atoms with Crippen molar-refractivity contribution in [2.75, 3.05) is 11.9 Å². The second kappa shape index (κ2) is 4.92. The molecule has 0 radical (unpaired) electrons. The quantitative estimate of drug-likeness (QED) is 0.629. The standard InChI is InChI=1S/C11H17N3O2/c1-11(2,3)6-8-13-10-9(14(15)16)5-4-7-12-10/h4-5,7H,6,8H2,1-3H3,(H,12,13). The SMILES string of the molecule is CC(C)(C)CCNc1ncccc1[N+](=O)[O-]. The van der Waals surface area contributed by atoms with Gasteiger partial charge in [-0.15, -0.1) is 0 Å². The Morgan fingerprint density at radius 3 is 2.75 bits per heavy atom. The van der Waals surface area contributed by atoms with Crippen LogP contribution < -0.4 is 5.32 Å². The number of rotatable bonds is 4. The molecule has 5 nitrogen and oxygen atoms in total. The summed E-state index contributed by atoms with van der Waals surface area (Å²) in [5.41, 5.74) is 0.229. The van der Waals surface area contributed by atoms with E-state index in [0.29, 0.717) is 12.4 Å². The average Bonchev–Trinajstić information content (AvgIpc) is 2.16. The Hall–Kier alpha value is -1.65. The fourth-order valence-corrected chi connectivity index (χ4v) is 1.24. The second-order valence-electron chi connectivity index (χ2n) is 4.87. The minimum atomic E-state index is -0.424. The molecule has 0 saturated heterocycles. The van der Waals surface area contributed by atoms with E-state index in [1.807, 2.05) is 0 Å². The number of hydrogen-bond acceptors (Lipinski definition) is 4. The van der Waals surface area contributed by atoms with Gasteiger partial charge in [0.05, 0.1) is 4.92 Å². The van der Waals surface area contributed by atoms with E-state index in [9.17, 15) is 10.1 Å². The molecule has 0 aromatic carbocycles. The van der Waals surface area contributed by atoms with Gasteiger partial charge < -0.3 is 5.32 Å². The highest BCUT2D eigenvalue weighted by molar-refractivity contribution is 5.54. The predicted octanol–water partition coefficient (Wildman–Crippen LogP) is 2.84. The van der Waals surface area contributed by atoms with Crippen LogP contribution in [0.4, 0.5) is 11.5 Å². The molecule has 0 aliphatic rings. The van der Waals surface area contributed by atoms with Crippen molar-refractivity contribution in [2.24, 2.45) is 5.41 Å². The first kappa shape index (κ1) is 12.4. The highest BCUT2D eigenvalue weighted by Gasteiger charge is 2.15. The summed E-state index contributed by atoms with van der Waals surface area (Å²) in [5.74, 6) is 0.344. The monoisotopic (exact) mass is 223 g/mol. The summed E-state index contributed by atoms with van der Waals surface area (Å²) in [7, 11) is 0. The van der Waals surface area contributed by atoms with Crippen LogP contribution in [0.5, 0.6) is 0 Å². The Balaban J connectivity index is 2.64. The molecule has 0 spiro atoms. The molecule has 0 aliphatic carbocycles. The van der Waals surface area contributed by atoms with Crippen molar-refractivity contribution < 1.29 is 4.92 Å². The first-order chi connectivity index (χ1) is 7.40. The molecule has 0 saturated carbocycles. The number of anilines is 1. The maximum atomic E-state index is 10.7. The fourth-order valence-electron chi connectivity index (χ4n) is 1.24. The molecule has 16 heavy (non-hydrogen) atoms. The van der Waals surface area contributed by atoms with E-state index < -0.39 is 4.92 Å². The summed E-state index contributed by atoms with van der Waals surface area (Å²) in [6, 6.07) is 3.01. The lowest BCUT2D eigenvalue weighted by Gasteiger charge is -2.18. The van der Waals surface area contributed by atoms with Crippen LogP contribution in [0.25, 0.3) is 0 Å². The zero-order chi connectivity index (χ0) is 12.2. The van der Waals surface area contributed by atoms with E-state index >= 15 is 0 Å². The van der Waals surface area contributed by atoms with Crippen LogP contribution in [0.3, 0.4) is 0 Å². The van der Waals surface area contributed by atoms with Crippen LogP contribution in [0.2, 0.25) is 0 Å². The van der Waals surface area contributed by atoms with Gasteiger partial charge in [0.15, 0.2) is 0 Å². The maximum absolute atomic E-state index is 10.7. The number of aromatic nitrogens is 1. The van der Waals surface area contributed by atoms with Gasteiger partial charge in [-0.1, -0.05) is 20.8 Å². The highest BCUT2D eigenvalue weighted by Crippen LogP contribution is 2.22. The van der Waals surface area contributed by atoms with E-state index in [4.69, 9.17) is 0 Å². The lowest BCUT2D eigenvalue weighted by Crippen LogP contribution is -2.14. The van der Waals surface area contributed by atoms with E-state index in [2.05, 4.69) is 31.1 Å². The van der Waals surface area contributed by atoms with Crippen molar-refractivity contribution in [3.63, 3.8) is 0 Å². The van der Waals surface area contributed by atoms with Gasteiger partial charge in [-0.2, -0.15) is 0 Å². The zero-order valence-electron chi connectivity index (χ0n) is 9.86. The molecule has 0 fully saturated rings. The molecular weight excluding hydrogens is 206 g/mol. The molecule has 0 amide bonds. The smallest absolute Gasteiger partial charge is 0.311 e. The maximum Gasteiger partial charge on any atom is 0.311 e. The molecule has 0 bridgehead atoms. The van der Waals surface area contributed by atoms with E-state index in [0.717, 1.165) is 6.42 Å². The molecule has 1 rings (SSSR count). The highest BCUT2D eigenvalue weighted by atomic mass is 16.6. The molecular formula is C11H17N3O2. The van der Waals surface area contributed by atoms with Crippen molar-refractivity contribution in [2.45, 2.75) is 27.2 Å². The molecule has 1 heterocycles. The fraction of sp³-hybridized carbons (Fsp3) is 0.545. The Bertz CT molecular complexity index is 372. The van der Waals surface area contributed by atoms with Crippen molar-refractivity contribution in [3.8, 4) is 0 Å². The molecule has 88 valence electrons. The molecule has 0 aliphatic heterocycles. The molecule has 0 unspecified atom stereocenters. The van der Waals surface area contributed by atoms with Crippen molar-refractivity contribution in [1.82, 2.24) is 4.98 Å². The van der Waals surface area contributed by atoms with Gasteiger partial charge in [0.25, 0.3) is 0 Å². The predicted molar refractivity (Wildman–Crippen MR) is 63.5 cm³/mol. The molecule has 0 atom stereocenters. The topological polar surface area (TPSA) is 68.1 Å². The number of nitrogens with one attached hydrogen (secondary N) is 1. The van der Waals surface area contributed by atoms with Crippen LogP contribution in [-0.4, -0.2) is 16.5 Å². The van der Waals surface area contributed by atoms with E-state index in [1.54, 1.807) is 12.3 Å². The van der Waals surface area contributed by atoms with Crippen molar-refractivity contribution >= 4 is 11.5 Å². The van der Waals surface area contributed by atoms with Crippen LogP contribution in [0, 0.1) is 15.5 Å². The number of pyridine rings is 1. The Morgan fingerprint density at radius 2 is 2.19 bits per heavy atom. The van der Waals surface area contributed by atoms with Crippen LogP contribution in [0.1, 0.15) is 27.2 Å². The Morgan fingerprint density at radius 1 is 1.50 bits per heavy atom. The first-order valence-electron chi connectivity index (χ1n) is 5.23. The molecule has 1 N–H and O–H groups in total.